The molecule has 42 heavy (non-hydrogen) atoms. The number of fused-ring (bicyclic) bond motifs is 2. The molecule has 0 aliphatic carbocycles. The van der Waals surface area contributed by atoms with Crippen molar-refractivity contribution in [3.63, 3.8) is 0 Å². The van der Waals surface area contributed by atoms with Crippen LogP contribution >= 0.6 is 0 Å². The van der Waals surface area contributed by atoms with Gasteiger partial charge in [0.05, 0.1) is 21.6 Å². The van der Waals surface area contributed by atoms with E-state index in [1.54, 1.807) is 15.9 Å². The number of hydrogen-bond acceptors (Lipinski definition) is 4. The van der Waals surface area contributed by atoms with Gasteiger partial charge in [0, 0.05) is 61.1 Å². The Kier molecular flexibility index (Phi) is 6.64. The number of piperazine rings is 1. The lowest BCUT2D eigenvalue weighted by molar-refractivity contribution is -0.384. The maximum absolute atomic E-state index is 13.7. The van der Waals surface area contributed by atoms with Gasteiger partial charge < -0.3 is 14.4 Å². The molecule has 0 spiro atoms. The van der Waals surface area contributed by atoms with E-state index in [1.807, 2.05) is 36.4 Å². The van der Waals surface area contributed by atoms with Gasteiger partial charge >= 0.3 is 6.18 Å². The van der Waals surface area contributed by atoms with Crippen LogP contribution in [0.4, 0.5) is 18.9 Å². The first-order valence-electron chi connectivity index (χ1n) is 13.2. The molecule has 1 fully saturated rings. The highest BCUT2D eigenvalue weighted by atomic mass is 19.4. The highest BCUT2D eigenvalue weighted by molar-refractivity contribution is 6.09. The third-order valence-corrected chi connectivity index (χ3v) is 7.56. The summed E-state index contributed by atoms with van der Waals surface area (Å²) in [6, 6.07) is 21.7. The van der Waals surface area contributed by atoms with E-state index in [-0.39, 0.29) is 54.4 Å². The van der Waals surface area contributed by atoms with Gasteiger partial charge in [-0.3, -0.25) is 19.7 Å². The molecule has 1 saturated heterocycles. The van der Waals surface area contributed by atoms with Gasteiger partial charge in [0.2, 0.25) is 0 Å². The SMILES string of the molecule is O=C(c1cccc2ccccc12)N1CCN(C(=O)c2cn(-c3cccc(C(F)(F)F)c3)c3ccc([N+](=O)[O-])cc23)CC1. The van der Waals surface area contributed by atoms with Crippen LogP contribution in [-0.4, -0.2) is 57.3 Å². The van der Waals surface area contributed by atoms with E-state index in [0.29, 0.717) is 11.1 Å². The molecule has 1 aromatic heterocycles. The molecule has 0 N–H and O–H groups in total. The van der Waals surface area contributed by atoms with Gasteiger partial charge in [-0.05, 0) is 41.1 Å². The minimum absolute atomic E-state index is 0.125. The summed E-state index contributed by atoms with van der Waals surface area (Å²) in [4.78, 5) is 41.3. The van der Waals surface area contributed by atoms with Crippen LogP contribution in [0.3, 0.4) is 0 Å². The van der Waals surface area contributed by atoms with Gasteiger partial charge in [0.1, 0.15) is 0 Å². The summed E-state index contributed by atoms with van der Waals surface area (Å²) in [6.07, 6.45) is -3.15. The number of amides is 2. The number of carbonyl (C=O) groups excluding carboxylic acids is 2. The van der Waals surface area contributed by atoms with Crippen molar-refractivity contribution < 1.29 is 27.7 Å². The van der Waals surface area contributed by atoms with E-state index in [4.69, 9.17) is 0 Å². The Morgan fingerprint density at radius 3 is 2.07 bits per heavy atom. The molecule has 5 aromatic rings. The number of non-ortho nitro benzene ring substituents is 1. The average Bonchev–Trinajstić information content (AvgIpc) is 3.39. The van der Waals surface area contributed by atoms with Crippen molar-refractivity contribution in [2.45, 2.75) is 6.18 Å². The number of alkyl halides is 3. The third kappa shape index (κ3) is 4.83. The maximum Gasteiger partial charge on any atom is 0.416 e. The molecule has 0 bridgehead atoms. The zero-order chi connectivity index (χ0) is 29.6. The molecule has 0 unspecified atom stereocenters. The van der Waals surface area contributed by atoms with Gasteiger partial charge in [-0.25, -0.2) is 0 Å². The number of halogens is 3. The molecule has 2 amide bonds. The smallest absolute Gasteiger partial charge is 0.335 e. The molecule has 4 aromatic carbocycles. The van der Waals surface area contributed by atoms with Crippen LogP contribution in [0.15, 0.2) is 91.1 Å². The van der Waals surface area contributed by atoms with Crippen molar-refractivity contribution in [2.24, 2.45) is 0 Å². The van der Waals surface area contributed by atoms with E-state index in [0.717, 1.165) is 22.9 Å². The predicted molar refractivity (Wildman–Crippen MR) is 151 cm³/mol. The first kappa shape index (κ1) is 27.0. The van der Waals surface area contributed by atoms with Crippen LogP contribution in [0.1, 0.15) is 26.3 Å². The Bertz CT molecular complexity index is 1870. The summed E-state index contributed by atoms with van der Waals surface area (Å²) in [6.45, 7) is 1.00. The summed E-state index contributed by atoms with van der Waals surface area (Å²) in [5.41, 5.74) is 0.109. The van der Waals surface area contributed by atoms with E-state index in [2.05, 4.69) is 0 Å². The molecule has 0 atom stereocenters. The number of hydrogen-bond donors (Lipinski definition) is 0. The minimum atomic E-state index is -4.57. The van der Waals surface area contributed by atoms with Crippen LogP contribution in [0.5, 0.6) is 0 Å². The van der Waals surface area contributed by atoms with E-state index < -0.39 is 22.6 Å². The van der Waals surface area contributed by atoms with Gasteiger partial charge in [-0.1, -0.05) is 42.5 Å². The van der Waals surface area contributed by atoms with E-state index >= 15 is 0 Å². The van der Waals surface area contributed by atoms with Crippen LogP contribution < -0.4 is 0 Å². The Morgan fingerprint density at radius 1 is 0.738 bits per heavy atom. The normalized spacial score (nSPS) is 14.0. The van der Waals surface area contributed by atoms with Crippen molar-refractivity contribution in [3.05, 3.63) is 118 Å². The molecule has 2 heterocycles. The van der Waals surface area contributed by atoms with Gasteiger partial charge in [0.15, 0.2) is 0 Å². The molecule has 1 aliphatic rings. The number of nitrogens with zero attached hydrogens (tertiary/aromatic N) is 4. The zero-order valence-electron chi connectivity index (χ0n) is 22.0. The Hall–Kier alpha value is -5.19. The minimum Gasteiger partial charge on any atom is -0.335 e. The molecule has 0 saturated carbocycles. The average molecular weight is 573 g/mol. The number of nitro groups is 1. The fraction of sp³-hybridized carbons (Fsp3) is 0.161. The molecule has 6 rings (SSSR count). The molecule has 1 aliphatic heterocycles. The van der Waals surface area contributed by atoms with Crippen molar-refractivity contribution in [1.29, 1.82) is 0 Å². The van der Waals surface area contributed by atoms with E-state index in [9.17, 15) is 32.9 Å². The number of benzene rings is 4. The van der Waals surface area contributed by atoms with Crippen LogP contribution in [0.2, 0.25) is 0 Å². The number of aromatic nitrogens is 1. The summed E-state index contributed by atoms with van der Waals surface area (Å²) in [5, 5.41) is 13.5. The second-order valence-corrected chi connectivity index (χ2v) is 10.0. The Labute approximate surface area is 237 Å². The van der Waals surface area contributed by atoms with Crippen molar-refractivity contribution in [1.82, 2.24) is 14.4 Å². The van der Waals surface area contributed by atoms with E-state index in [1.165, 1.54) is 41.1 Å². The largest absolute Gasteiger partial charge is 0.416 e. The third-order valence-electron chi connectivity index (χ3n) is 7.56. The molecule has 11 heteroatoms. The van der Waals surface area contributed by atoms with Gasteiger partial charge in [0.25, 0.3) is 17.5 Å². The van der Waals surface area contributed by atoms with Gasteiger partial charge in [-0.2, -0.15) is 13.2 Å². The van der Waals surface area contributed by atoms with Crippen molar-refractivity contribution in [2.75, 3.05) is 26.2 Å². The number of nitro benzene ring substituents is 1. The highest BCUT2D eigenvalue weighted by Gasteiger charge is 2.32. The highest BCUT2D eigenvalue weighted by Crippen LogP contribution is 2.33. The zero-order valence-corrected chi connectivity index (χ0v) is 22.0. The van der Waals surface area contributed by atoms with Crippen LogP contribution in [0.25, 0.3) is 27.4 Å². The first-order valence-corrected chi connectivity index (χ1v) is 13.2. The standard InChI is InChI=1S/C31H23F3N4O4/c32-31(33,34)21-7-4-8-22(17-21)37-19-27(26-18-23(38(41)42)11-12-28(26)37)30(40)36-15-13-35(14-16-36)29(39)25-10-3-6-20-5-1-2-9-24(20)25/h1-12,17-19H,13-16H2. The summed E-state index contributed by atoms with van der Waals surface area (Å²) in [5.74, 6) is -0.570. The number of carbonyl (C=O) groups is 2. The molecule has 0 radical (unpaired) electrons. The lowest BCUT2D eigenvalue weighted by atomic mass is 10.0. The second-order valence-electron chi connectivity index (χ2n) is 10.0. The fourth-order valence-electron chi connectivity index (χ4n) is 5.41. The molecule has 212 valence electrons. The Balaban J connectivity index is 1.30. The second kappa shape index (κ2) is 10.3. The first-order chi connectivity index (χ1) is 20.1. The molecular formula is C31H23F3N4O4. The van der Waals surface area contributed by atoms with Gasteiger partial charge in [-0.15, -0.1) is 0 Å². The summed E-state index contributed by atoms with van der Waals surface area (Å²) >= 11 is 0. The summed E-state index contributed by atoms with van der Waals surface area (Å²) in [7, 11) is 0. The quantitative estimate of drug-likeness (QED) is 0.187. The monoisotopic (exact) mass is 572 g/mol. The topological polar surface area (TPSA) is 88.7 Å². The Morgan fingerprint density at radius 2 is 1.38 bits per heavy atom. The molecule has 8 nitrogen and oxygen atoms in total. The van der Waals surface area contributed by atoms with Crippen molar-refractivity contribution >= 4 is 39.2 Å². The lowest BCUT2D eigenvalue weighted by Gasteiger charge is -2.35. The summed E-state index contributed by atoms with van der Waals surface area (Å²) < 4.78 is 41.7. The molecular weight excluding hydrogens is 549 g/mol. The lowest BCUT2D eigenvalue weighted by Crippen LogP contribution is -2.50. The van der Waals surface area contributed by atoms with Crippen LogP contribution in [-0.2, 0) is 6.18 Å². The fourth-order valence-corrected chi connectivity index (χ4v) is 5.41. The van der Waals surface area contributed by atoms with Crippen LogP contribution in [0, 0.1) is 10.1 Å². The maximum atomic E-state index is 13.7. The predicted octanol–water partition coefficient (Wildman–Crippen LogP) is 6.31. The number of rotatable bonds is 4. The van der Waals surface area contributed by atoms with Crippen molar-refractivity contribution in [3.8, 4) is 5.69 Å².